The van der Waals surface area contributed by atoms with Crippen molar-refractivity contribution >= 4 is 34.6 Å². The summed E-state index contributed by atoms with van der Waals surface area (Å²) in [5.74, 6) is 0.167. The summed E-state index contributed by atoms with van der Waals surface area (Å²) < 4.78 is 10.9. The highest BCUT2D eigenvalue weighted by molar-refractivity contribution is 6.06. The number of nitrogens with one attached hydrogen (secondary N) is 1. The minimum Gasteiger partial charge on any atom is -0.626 e. The molecule has 0 atom stereocenters. The Hall–Kier alpha value is -5.42. The fraction of sp³-hybridized carbons (Fsp3) is 0.273. The third-order valence-corrected chi connectivity index (χ3v) is 7.91. The van der Waals surface area contributed by atoms with Gasteiger partial charge in [0.2, 0.25) is 0 Å². The third-order valence-electron chi connectivity index (χ3n) is 7.91. The van der Waals surface area contributed by atoms with Crippen molar-refractivity contribution in [3.8, 4) is 23.1 Å². The lowest BCUT2D eigenvalue weighted by molar-refractivity contribution is 0.0745. The largest absolute Gasteiger partial charge is 0.626 e. The molecule has 0 spiro atoms. The van der Waals surface area contributed by atoms with Gasteiger partial charge in [0.15, 0.2) is 5.69 Å². The molecule has 1 aromatic heterocycles. The molecule has 1 aliphatic heterocycles. The van der Waals surface area contributed by atoms with Gasteiger partial charge in [-0.3, -0.25) is 9.59 Å². The van der Waals surface area contributed by atoms with Gasteiger partial charge in [0.05, 0.1) is 25.4 Å². The predicted octanol–water partition coefficient (Wildman–Crippen LogP) is 4.74. The first-order chi connectivity index (χ1) is 21.9. The first kappa shape index (κ1) is 32.0. The third kappa shape index (κ3) is 6.36. The highest BCUT2D eigenvalue weighted by atomic mass is 16.8. The normalized spacial score (nSPS) is 13.3. The van der Waals surface area contributed by atoms with Crippen LogP contribution >= 0.6 is 0 Å². The monoisotopic (exact) mass is 624 g/mol. The number of carbonyl (C=O) groups excluding carboxylic acids is 2. The number of benzene rings is 3. The Morgan fingerprint density at radius 2 is 1.74 bits per heavy atom. The molecule has 0 saturated carbocycles. The lowest BCUT2D eigenvalue weighted by Gasteiger charge is -2.43. The summed E-state index contributed by atoms with van der Waals surface area (Å²) >= 11 is 0. The number of carbonyl (C=O) groups is 2. The van der Waals surface area contributed by atoms with Gasteiger partial charge < -0.3 is 44.5 Å². The number of hydrogen-bond acceptors (Lipinski definition) is 10. The van der Waals surface area contributed by atoms with Crippen LogP contribution in [0.3, 0.4) is 0 Å². The molecule has 13 nitrogen and oxygen atoms in total. The number of aryl methyl sites for hydroxylation is 1. The SMILES string of the molecule is COc1ccccc1-c1noc(C)c1C(=O)N1CCN(c2cc(NC(=O)c3ccc(N(C)C)cc3)c([N+](C)([O-])[O-])cc2C#N)CC1. The maximum absolute atomic E-state index is 13.8. The first-order valence-corrected chi connectivity index (χ1v) is 14.5. The van der Waals surface area contributed by atoms with E-state index in [4.69, 9.17) is 9.26 Å². The molecule has 238 valence electrons. The van der Waals surface area contributed by atoms with Crippen LogP contribution < -0.4 is 24.7 Å². The Balaban J connectivity index is 1.39. The van der Waals surface area contributed by atoms with Gasteiger partial charge in [0, 0.05) is 63.2 Å². The second-order valence-electron chi connectivity index (χ2n) is 11.2. The van der Waals surface area contributed by atoms with Gasteiger partial charge in [0.25, 0.3) is 11.8 Å². The fourth-order valence-electron chi connectivity index (χ4n) is 5.43. The zero-order chi connectivity index (χ0) is 33.2. The van der Waals surface area contributed by atoms with Crippen LogP contribution in [0.2, 0.25) is 0 Å². The van der Waals surface area contributed by atoms with Gasteiger partial charge in [-0.1, -0.05) is 17.3 Å². The lowest BCUT2D eigenvalue weighted by Crippen LogP contribution is -2.49. The van der Waals surface area contributed by atoms with Crippen molar-refractivity contribution in [1.82, 2.24) is 14.9 Å². The molecular formula is C33H34N7O6-. The van der Waals surface area contributed by atoms with E-state index in [1.807, 2.05) is 36.0 Å². The van der Waals surface area contributed by atoms with Crippen molar-refractivity contribution in [1.29, 1.82) is 5.26 Å². The minimum atomic E-state index is -2.10. The van der Waals surface area contributed by atoms with Crippen molar-refractivity contribution in [3.05, 3.63) is 93.5 Å². The van der Waals surface area contributed by atoms with Crippen LogP contribution in [0.15, 0.2) is 65.2 Å². The van der Waals surface area contributed by atoms with Gasteiger partial charge in [-0.2, -0.15) is 5.26 Å². The van der Waals surface area contributed by atoms with Crippen LogP contribution in [0.25, 0.3) is 11.3 Å². The molecule has 1 fully saturated rings. The maximum atomic E-state index is 13.8. The Morgan fingerprint density at radius 1 is 1.07 bits per heavy atom. The van der Waals surface area contributed by atoms with Gasteiger partial charge in [-0.25, -0.2) is 0 Å². The van der Waals surface area contributed by atoms with Crippen molar-refractivity contribution in [3.63, 3.8) is 0 Å². The number of rotatable bonds is 8. The summed E-state index contributed by atoms with van der Waals surface area (Å²) in [7, 11) is 6.19. The summed E-state index contributed by atoms with van der Waals surface area (Å²) in [6, 6.07) is 18.9. The first-order valence-electron chi connectivity index (χ1n) is 14.5. The Bertz CT molecular complexity index is 1800. The van der Waals surface area contributed by atoms with Gasteiger partial charge >= 0.3 is 0 Å². The zero-order valence-electron chi connectivity index (χ0n) is 26.2. The predicted molar refractivity (Wildman–Crippen MR) is 176 cm³/mol. The number of nitriles is 1. The van der Waals surface area contributed by atoms with E-state index in [-0.39, 0.29) is 22.8 Å². The van der Waals surface area contributed by atoms with Crippen LogP contribution in [-0.2, 0) is 0 Å². The second-order valence-corrected chi connectivity index (χ2v) is 11.2. The van der Waals surface area contributed by atoms with E-state index in [0.717, 1.165) is 12.7 Å². The highest BCUT2D eigenvalue weighted by Crippen LogP contribution is 2.38. The Morgan fingerprint density at radius 3 is 2.35 bits per heavy atom. The number of amides is 2. The molecule has 2 amide bonds. The molecule has 13 heteroatoms. The Kier molecular flexibility index (Phi) is 8.97. The molecule has 1 N–H and O–H groups in total. The smallest absolute Gasteiger partial charge is 0.259 e. The molecule has 0 aliphatic carbocycles. The summed E-state index contributed by atoms with van der Waals surface area (Å²) in [5.41, 5.74) is 2.82. The number of ether oxygens (including phenoxy) is 1. The molecule has 4 aromatic rings. The molecule has 0 radical (unpaired) electrons. The van der Waals surface area contributed by atoms with Crippen molar-refractivity contribution < 1.29 is 18.8 Å². The zero-order valence-corrected chi connectivity index (χ0v) is 26.2. The van der Waals surface area contributed by atoms with Crippen LogP contribution in [0, 0.1) is 28.7 Å². The minimum absolute atomic E-state index is 0.00300. The molecule has 1 saturated heterocycles. The van der Waals surface area contributed by atoms with E-state index in [9.17, 15) is 25.3 Å². The Labute approximate surface area is 266 Å². The van der Waals surface area contributed by atoms with Crippen molar-refractivity contribution in [2.45, 2.75) is 6.92 Å². The van der Waals surface area contributed by atoms with E-state index in [1.54, 1.807) is 55.3 Å². The summed E-state index contributed by atoms with van der Waals surface area (Å²) in [5, 5.41) is 42.0. The molecule has 3 aromatic carbocycles. The van der Waals surface area contributed by atoms with Gasteiger partial charge in [-0.05, 0) is 49.4 Å². The average molecular weight is 625 g/mol. The van der Waals surface area contributed by atoms with E-state index in [1.165, 1.54) is 12.1 Å². The topological polar surface area (TPSA) is 161 Å². The maximum Gasteiger partial charge on any atom is 0.259 e. The van der Waals surface area contributed by atoms with E-state index < -0.39 is 10.7 Å². The number of hydroxylamine groups is 2. The van der Waals surface area contributed by atoms with E-state index >= 15 is 0 Å². The summed E-state index contributed by atoms with van der Waals surface area (Å²) in [6.07, 6.45) is 0. The molecular weight excluding hydrogens is 590 g/mol. The number of aromatic nitrogens is 1. The number of methoxy groups -OCH3 is 1. The fourth-order valence-corrected chi connectivity index (χ4v) is 5.43. The molecule has 0 bridgehead atoms. The van der Waals surface area contributed by atoms with Crippen LogP contribution in [-0.4, -0.2) is 76.3 Å². The van der Waals surface area contributed by atoms with Crippen LogP contribution in [0.4, 0.5) is 22.7 Å². The molecule has 46 heavy (non-hydrogen) atoms. The van der Waals surface area contributed by atoms with Crippen LogP contribution in [0.1, 0.15) is 32.0 Å². The van der Waals surface area contributed by atoms with Gasteiger partial charge in [-0.15, -0.1) is 0 Å². The lowest BCUT2D eigenvalue weighted by atomic mass is 10.0. The number of para-hydroxylation sites is 1. The standard InChI is InChI=1S/C33H34N7O6/c1-21-30(31(36-46-21)25-8-6-7-9-29(25)45-5)33(42)39-16-14-38(15-17-39)27-19-26(28(40(4,43)44)18-23(27)20-34)35-32(41)22-10-12-24(13-11-22)37(2)3/h6-13,18-19H,14-17H2,1-5H3,(H,35,41)/q-1. The number of hydrogen-bond donors (Lipinski definition) is 1. The number of quaternary nitrogens is 1. The summed E-state index contributed by atoms with van der Waals surface area (Å²) in [6.45, 7) is 2.97. The van der Waals surface area contributed by atoms with Crippen molar-refractivity contribution in [2.24, 2.45) is 0 Å². The van der Waals surface area contributed by atoms with Crippen LogP contribution in [0.5, 0.6) is 5.75 Å². The average Bonchev–Trinajstić information content (AvgIpc) is 3.44. The van der Waals surface area contributed by atoms with Crippen molar-refractivity contribution in [2.75, 3.05) is 69.5 Å². The number of piperazine rings is 1. The number of anilines is 3. The molecule has 5 rings (SSSR count). The highest BCUT2D eigenvalue weighted by Gasteiger charge is 2.31. The van der Waals surface area contributed by atoms with Gasteiger partial charge in [0.1, 0.15) is 34.5 Å². The quantitative estimate of drug-likeness (QED) is 0.214. The second kappa shape index (κ2) is 12.9. The molecule has 0 unspecified atom stereocenters. The van der Waals surface area contributed by atoms with E-state index in [2.05, 4.69) is 16.5 Å². The summed E-state index contributed by atoms with van der Waals surface area (Å²) in [4.78, 5) is 30.3. The number of nitrogens with zero attached hydrogens (tertiary/aromatic N) is 6. The molecule has 1 aliphatic rings. The molecule has 2 heterocycles. The van der Waals surface area contributed by atoms with E-state index in [0.29, 0.717) is 65.8 Å².